The molecule has 2 N–H and O–H groups in total. The number of nitrogens with zero attached hydrogens (tertiary/aromatic N) is 1. The third-order valence-corrected chi connectivity index (χ3v) is 4.58. The lowest BCUT2D eigenvalue weighted by Gasteiger charge is -2.37. The molecule has 0 aromatic heterocycles. The van der Waals surface area contributed by atoms with Gasteiger partial charge >= 0.3 is 0 Å². The first-order valence-corrected chi connectivity index (χ1v) is 8.46. The van der Waals surface area contributed by atoms with Gasteiger partial charge < -0.3 is 15.3 Å². The minimum Gasteiger partial charge on any atom is -0.392 e. The molecule has 0 aliphatic carbocycles. The highest BCUT2D eigenvalue weighted by Crippen LogP contribution is 2.25. The Morgan fingerprint density at radius 3 is 2.50 bits per heavy atom. The summed E-state index contributed by atoms with van der Waals surface area (Å²) in [5.74, 6) is 0.0895. The predicted octanol–water partition coefficient (Wildman–Crippen LogP) is 1.94. The van der Waals surface area contributed by atoms with E-state index in [4.69, 9.17) is 0 Å². The normalized spacial score (nSPS) is 20.9. The van der Waals surface area contributed by atoms with Gasteiger partial charge in [-0.3, -0.25) is 9.59 Å². The first-order chi connectivity index (χ1) is 10.2. The Kier molecular flexibility index (Phi) is 6.85. The number of amides is 2. The number of piperidine rings is 1. The molecule has 22 heavy (non-hydrogen) atoms. The lowest BCUT2D eigenvalue weighted by molar-refractivity contribution is -0.142. The molecule has 1 heterocycles. The summed E-state index contributed by atoms with van der Waals surface area (Å²) in [7, 11) is 0. The number of rotatable bonds is 6. The van der Waals surface area contributed by atoms with Crippen LogP contribution in [0.1, 0.15) is 60.3 Å². The highest BCUT2D eigenvalue weighted by molar-refractivity contribution is 5.87. The van der Waals surface area contributed by atoms with Crippen molar-refractivity contribution in [3.63, 3.8) is 0 Å². The highest BCUT2D eigenvalue weighted by Gasteiger charge is 2.34. The Balaban J connectivity index is 2.65. The Morgan fingerprint density at radius 1 is 1.32 bits per heavy atom. The number of likely N-dealkylation sites (tertiary alicyclic amines) is 1. The molecule has 128 valence electrons. The molecule has 0 aromatic carbocycles. The van der Waals surface area contributed by atoms with Crippen LogP contribution in [-0.2, 0) is 9.59 Å². The fraction of sp³-hybridized carbons (Fsp3) is 0.882. The standard InChI is InChI=1S/C17H32N2O3/c1-6-14(20)19-10-8-7-9-13(19)16(22)18-11-17(4,5)15(21)12(2)3/h12-13,15,21H,6-11H2,1-5H3,(H,18,22). The number of carbonyl (C=O) groups is 2. The van der Waals surface area contributed by atoms with Crippen molar-refractivity contribution in [2.75, 3.05) is 13.1 Å². The van der Waals surface area contributed by atoms with Crippen molar-refractivity contribution < 1.29 is 14.7 Å². The van der Waals surface area contributed by atoms with Gasteiger partial charge in [0.2, 0.25) is 11.8 Å². The van der Waals surface area contributed by atoms with Crippen LogP contribution >= 0.6 is 0 Å². The zero-order valence-electron chi connectivity index (χ0n) is 14.7. The van der Waals surface area contributed by atoms with Gasteiger partial charge in [0.05, 0.1) is 6.10 Å². The van der Waals surface area contributed by atoms with Crippen LogP contribution < -0.4 is 5.32 Å². The molecule has 0 bridgehead atoms. The van der Waals surface area contributed by atoms with Crippen LogP contribution in [0.15, 0.2) is 0 Å². The van der Waals surface area contributed by atoms with Crippen LogP contribution in [0.25, 0.3) is 0 Å². The summed E-state index contributed by atoms with van der Waals surface area (Å²) in [6, 6.07) is -0.354. The van der Waals surface area contributed by atoms with E-state index in [0.717, 1.165) is 19.3 Å². The third-order valence-electron chi connectivity index (χ3n) is 4.58. The van der Waals surface area contributed by atoms with E-state index in [-0.39, 0.29) is 23.8 Å². The Morgan fingerprint density at radius 2 is 1.95 bits per heavy atom. The lowest BCUT2D eigenvalue weighted by atomic mass is 9.80. The summed E-state index contributed by atoms with van der Waals surface area (Å²) in [6.07, 6.45) is 2.62. The number of hydrogen-bond donors (Lipinski definition) is 2. The SMILES string of the molecule is CCC(=O)N1CCCCC1C(=O)NCC(C)(C)C(O)C(C)C. The maximum absolute atomic E-state index is 12.5. The van der Waals surface area contributed by atoms with Gasteiger partial charge in [-0.15, -0.1) is 0 Å². The fourth-order valence-corrected chi connectivity index (χ4v) is 3.15. The molecule has 1 aliphatic heterocycles. The van der Waals surface area contributed by atoms with Crippen LogP contribution in [0.5, 0.6) is 0 Å². The number of aliphatic hydroxyl groups is 1. The van der Waals surface area contributed by atoms with Crippen LogP contribution in [0, 0.1) is 11.3 Å². The van der Waals surface area contributed by atoms with Gasteiger partial charge in [0.15, 0.2) is 0 Å². The second-order valence-electron chi connectivity index (χ2n) is 7.35. The van der Waals surface area contributed by atoms with Crippen molar-refractivity contribution in [1.82, 2.24) is 10.2 Å². The van der Waals surface area contributed by atoms with Gasteiger partial charge in [-0.05, 0) is 25.2 Å². The van der Waals surface area contributed by atoms with Gasteiger partial charge in [-0.25, -0.2) is 0 Å². The minimum absolute atomic E-state index is 0.0429. The Bertz CT molecular complexity index is 393. The summed E-state index contributed by atoms with van der Waals surface area (Å²) in [6.45, 7) is 10.8. The zero-order chi connectivity index (χ0) is 16.9. The van der Waals surface area contributed by atoms with E-state index in [9.17, 15) is 14.7 Å². The molecule has 5 nitrogen and oxygen atoms in total. The molecular formula is C17H32N2O3. The largest absolute Gasteiger partial charge is 0.392 e. The Labute approximate surface area is 134 Å². The van der Waals surface area contributed by atoms with Crippen LogP contribution in [0.2, 0.25) is 0 Å². The van der Waals surface area contributed by atoms with Crippen LogP contribution in [-0.4, -0.2) is 47.1 Å². The quantitative estimate of drug-likeness (QED) is 0.787. The van der Waals surface area contributed by atoms with Crippen LogP contribution in [0.4, 0.5) is 0 Å². The van der Waals surface area contributed by atoms with E-state index < -0.39 is 11.5 Å². The van der Waals surface area contributed by atoms with Crippen molar-refractivity contribution in [2.24, 2.45) is 11.3 Å². The number of hydrogen-bond acceptors (Lipinski definition) is 3. The van der Waals surface area contributed by atoms with Gasteiger partial charge in [0.1, 0.15) is 6.04 Å². The molecule has 5 heteroatoms. The molecule has 2 amide bonds. The summed E-state index contributed by atoms with van der Waals surface area (Å²) < 4.78 is 0. The number of nitrogens with one attached hydrogen (secondary N) is 1. The maximum Gasteiger partial charge on any atom is 0.242 e. The molecule has 1 saturated heterocycles. The molecule has 1 fully saturated rings. The molecule has 0 aromatic rings. The third kappa shape index (κ3) is 4.70. The minimum atomic E-state index is -0.479. The summed E-state index contributed by atoms with van der Waals surface area (Å²) in [4.78, 5) is 26.2. The molecule has 1 rings (SSSR count). The first-order valence-electron chi connectivity index (χ1n) is 8.46. The second-order valence-corrected chi connectivity index (χ2v) is 7.35. The van der Waals surface area contributed by atoms with Crippen molar-refractivity contribution in [2.45, 2.75) is 72.4 Å². The molecule has 0 radical (unpaired) electrons. The van der Waals surface area contributed by atoms with Gasteiger partial charge in [-0.1, -0.05) is 34.6 Å². The molecule has 1 aliphatic rings. The lowest BCUT2D eigenvalue weighted by Crippen LogP contribution is -2.54. The van der Waals surface area contributed by atoms with E-state index in [1.54, 1.807) is 4.90 Å². The fourth-order valence-electron chi connectivity index (χ4n) is 3.15. The van der Waals surface area contributed by atoms with Gasteiger partial charge in [-0.2, -0.15) is 0 Å². The first kappa shape index (κ1) is 18.9. The molecule has 0 saturated carbocycles. The molecule has 2 atom stereocenters. The monoisotopic (exact) mass is 312 g/mol. The average molecular weight is 312 g/mol. The van der Waals surface area contributed by atoms with Gasteiger partial charge in [0.25, 0.3) is 0 Å². The van der Waals surface area contributed by atoms with E-state index in [0.29, 0.717) is 19.5 Å². The van der Waals surface area contributed by atoms with Crippen molar-refractivity contribution >= 4 is 11.8 Å². The van der Waals surface area contributed by atoms with Crippen LogP contribution in [0.3, 0.4) is 0 Å². The smallest absolute Gasteiger partial charge is 0.242 e. The summed E-state index contributed by atoms with van der Waals surface area (Å²) in [5.41, 5.74) is -0.391. The summed E-state index contributed by atoms with van der Waals surface area (Å²) >= 11 is 0. The topological polar surface area (TPSA) is 69.6 Å². The molecule has 2 unspecified atom stereocenters. The molecule has 0 spiro atoms. The zero-order valence-corrected chi connectivity index (χ0v) is 14.7. The Hall–Kier alpha value is -1.10. The number of aliphatic hydroxyl groups excluding tert-OH is 1. The average Bonchev–Trinajstić information content (AvgIpc) is 2.50. The van der Waals surface area contributed by atoms with Gasteiger partial charge in [0, 0.05) is 24.9 Å². The van der Waals surface area contributed by atoms with Crippen molar-refractivity contribution in [1.29, 1.82) is 0 Å². The number of carbonyl (C=O) groups excluding carboxylic acids is 2. The predicted molar refractivity (Wildman–Crippen MR) is 87.3 cm³/mol. The van der Waals surface area contributed by atoms with E-state index in [2.05, 4.69) is 5.32 Å². The second kappa shape index (κ2) is 7.95. The maximum atomic E-state index is 12.5. The van der Waals surface area contributed by atoms with Crippen molar-refractivity contribution in [3.05, 3.63) is 0 Å². The summed E-state index contributed by atoms with van der Waals surface area (Å²) in [5, 5.41) is 13.2. The van der Waals surface area contributed by atoms with Crippen molar-refractivity contribution in [3.8, 4) is 0 Å². The highest BCUT2D eigenvalue weighted by atomic mass is 16.3. The van der Waals surface area contributed by atoms with E-state index in [1.165, 1.54) is 0 Å². The van der Waals surface area contributed by atoms with E-state index in [1.807, 2.05) is 34.6 Å². The molecular weight excluding hydrogens is 280 g/mol. The van der Waals surface area contributed by atoms with E-state index >= 15 is 0 Å².